The first-order chi connectivity index (χ1) is 19.7. The van der Waals surface area contributed by atoms with Crippen LogP contribution < -0.4 is 9.64 Å². The topological polar surface area (TPSA) is 92.6 Å². The molecule has 1 aromatic heterocycles. The second-order valence-electron chi connectivity index (χ2n) is 9.52. The predicted octanol–water partition coefficient (Wildman–Crippen LogP) is 7.23. The Morgan fingerprint density at radius 3 is 2.73 bits per heavy atom. The molecule has 4 aromatic rings. The molecule has 1 amide bonds. The highest BCUT2D eigenvalue weighted by Crippen LogP contribution is 2.45. The maximum absolute atomic E-state index is 15.2. The molecule has 1 fully saturated rings. The van der Waals surface area contributed by atoms with E-state index < -0.39 is 29.3 Å². The summed E-state index contributed by atoms with van der Waals surface area (Å²) < 4.78 is 21.4. The first kappa shape index (κ1) is 27.7. The molecule has 2 aliphatic heterocycles. The third-order valence-corrected chi connectivity index (χ3v) is 9.47. The van der Waals surface area contributed by atoms with Crippen molar-refractivity contribution in [1.82, 2.24) is 10.2 Å². The SMILES string of the molecule is C[C@H]1Cc2cc(/C(O)=C3\C(=O)C(=O)N(c4nnc(SCc5ccc(Cl)cc5Cl)s4)[C@H]3c3ccccc3F)ccc2O1. The van der Waals surface area contributed by atoms with Gasteiger partial charge in [-0.1, -0.05) is 70.6 Å². The Labute approximate surface area is 252 Å². The van der Waals surface area contributed by atoms with Gasteiger partial charge in [0.1, 0.15) is 29.5 Å². The summed E-state index contributed by atoms with van der Waals surface area (Å²) in [5, 5.41) is 20.9. The Kier molecular flexibility index (Phi) is 7.50. The molecule has 41 heavy (non-hydrogen) atoms. The third-order valence-electron chi connectivity index (χ3n) is 6.78. The van der Waals surface area contributed by atoms with Crippen LogP contribution in [0.25, 0.3) is 5.76 Å². The van der Waals surface area contributed by atoms with Crippen LogP contribution in [0.3, 0.4) is 0 Å². The molecule has 3 heterocycles. The summed E-state index contributed by atoms with van der Waals surface area (Å²) in [5.41, 5.74) is 1.84. The fourth-order valence-corrected chi connectivity index (χ4v) is 7.31. The largest absolute Gasteiger partial charge is 0.507 e. The highest BCUT2D eigenvalue weighted by molar-refractivity contribution is 8.00. The van der Waals surface area contributed by atoms with Gasteiger partial charge in [-0.2, -0.15) is 0 Å². The van der Waals surface area contributed by atoms with Crippen molar-refractivity contribution in [2.24, 2.45) is 0 Å². The average molecular weight is 629 g/mol. The highest BCUT2D eigenvalue weighted by Gasteiger charge is 2.49. The molecule has 2 atom stereocenters. The molecule has 7 nitrogen and oxygen atoms in total. The Balaban J connectivity index is 1.39. The molecule has 0 saturated carbocycles. The van der Waals surface area contributed by atoms with Crippen LogP contribution >= 0.6 is 46.3 Å². The standard InChI is InChI=1S/C29H20Cl2FN3O4S2/c1-14-10-17-11-15(7-9-22(17)39-14)25(36)23-24(19-4-2-3-5-21(19)32)35(27(38)26(23)37)28-33-34-29(41-28)40-13-16-6-8-18(30)12-20(16)31/h2-9,11-12,14,24,36H,10,13H2,1H3/b25-23+/t14-,24-/m0/s1. The predicted molar refractivity (Wildman–Crippen MR) is 157 cm³/mol. The van der Waals surface area contributed by atoms with Gasteiger partial charge in [0, 0.05) is 33.3 Å². The molecule has 3 aromatic carbocycles. The van der Waals surface area contributed by atoms with Crippen LogP contribution in [0, 0.1) is 5.82 Å². The van der Waals surface area contributed by atoms with E-state index in [1.54, 1.807) is 36.4 Å². The molecular weight excluding hydrogens is 608 g/mol. The molecule has 1 saturated heterocycles. The van der Waals surface area contributed by atoms with Crippen LogP contribution in [0.15, 0.2) is 70.6 Å². The van der Waals surface area contributed by atoms with Crippen LogP contribution in [-0.4, -0.2) is 33.1 Å². The van der Waals surface area contributed by atoms with E-state index >= 15 is 4.39 Å². The van der Waals surface area contributed by atoms with Crippen molar-refractivity contribution in [3.63, 3.8) is 0 Å². The molecule has 12 heteroatoms. The number of carbonyl (C=O) groups is 2. The quantitative estimate of drug-likeness (QED) is 0.0792. The number of Topliss-reactive ketones (excluding diaryl/α,β-unsaturated/α-hetero) is 1. The fourth-order valence-electron chi connectivity index (χ4n) is 4.88. The zero-order valence-corrected chi connectivity index (χ0v) is 24.5. The number of carbonyl (C=O) groups excluding carboxylic acids is 2. The number of halogens is 3. The van der Waals surface area contributed by atoms with Crippen molar-refractivity contribution in [3.05, 3.63) is 104 Å². The number of anilines is 1. The molecule has 0 aliphatic carbocycles. The minimum atomic E-state index is -1.25. The number of fused-ring (bicyclic) bond motifs is 1. The van der Waals surface area contributed by atoms with Crippen LogP contribution in [0.2, 0.25) is 10.0 Å². The Bertz CT molecular complexity index is 1740. The first-order valence-corrected chi connectivity index (χ1v) is 15.0. The second kappa shape index (κ2) is 11.1. The van der Waals surface area contributed by atoms with Gasteiger partial charge >= 0.3 is 5.91 Å². The monoisotopic (exact) mass is 627 g/mol. The summed E-state index contributed by atoms with van der Waals surface area (Å²) >= 11 is 14.7. The summed E-state index contributed by atoms with van der Waals surface area (Å²) in [6, 6.07) is 14.8. The van der Waals surface area contributed by atoms with Gasteiger partial charge in [0.15, 0.2) is 4.34 Å². The Hall–Kier alpha value is -3.44. The number of hydrogen-bond acceptors (Lipinski definition) is 8. The zero-order valence-electron chi connectivity index (χ0n) is 21.3. The number of benzene rings is 3. The summed E-state index contributed by atoms with van der Waals surface area (Å²) in [7, 11) is 0. The lowest BCUT2D eigenvalue weighted by atomic mass is 9.94. The van der Waals surface area contributed by atoms with E-state index in [-0.39, 0.29) is 22.4 Å². The number of ether oxygens (including phenoxy) is 1. The van der Waals surface area contributed by atoms with Crippen molar-refractivity contribution in [3.8, 4) is 5.75 Å². The van der Waals surface area contributed by atoms with Crippen molar-refractivity contribution < 1.29 is 23.8 Å². The van der Waals surface area contributed by atoms with Gasteiger partial charge in [-0.15, -0.1) is 10.2 Å². The molecule has 0 spiro atoms. The van der Waals surface area contributed by atoms with E-state index in [9.17, 15) is 14.7 Å². The number of aliphatic hydroxyl groups is 1. The molecule has 208 valence electrons. The van der Waals surface area contributed by atoms with E-state index in [1.807, 2.05) is 13.0 Å². The van der Waals surface area contributed by atoms with Gasteiger partial charge in [0.2, 0.25) is 5.13 Å². The molecular formula is C29H20Cl2FN3O4S2. The van der Waals surface area contributed by atoms with Gasteiger partial charge < -0.3 is 9.84 Å². The summed E-state index contributed by atoms with van der Waals surface area (Å²) in [6.07, 6.45) is 0.611. The van der Waals surface area contributed by atoms with Crippen LogP contribution in [0.5, 0.6) is 5.75 Å². The summed E-state index contributed by atoms with van der Waals surface area (Å²) in [6.45, 7) is 1.93. The third kappa shape index (κ3) is 5.21. The lowest BCUT2D eigenvalue weighted by Gasteiger charge is -2.22. The van der Waals surface area contributed by atoms with Crippen molar-refractivity contribution in [2.75, 3.05) is 4.90 Å². The molecule has 1 N–H and O–H groups in total. The Morgan fingerprint density at radius 2 is 1.95 bits per heavy atom. The van der Waals surface area contributed by atoms with Crippen LogP contribution in [0.4, 0.5) is 9.52 Å². The maximum Gasteiger partial charge on any atom is 0.301 e. The van der Waals surface area contributed by atoms with E-state index in [1.165, 1.54) is 30.0 Å². The first-order valence-electron chi connectivity index (χ1n) is 12.5. The van der Waals surface area contributed by atoms with Gasteiger partial charge in [0.05, 0.1) is 5.57 Å². The second-order valence-corrected chi connectivity index (χ2v) is 12.5. The van der Waals surface area contributed by atoms with Gasteiger partial charge in [-0.25, -0.2) is 4.39 Å². The number of thioether (sulfide) groups is 1. The molecule has 6 rings (SSSR count). The highest BCUT2D eigenvalue weighted by atomic mass is 35.5. The number of aliphatic hydroxyl groups excluding tert-OH is 1. The normalized spacial score (nSPS) is 19.5. The fraction of sp³-hybridized carbons (Fsp3) is 0.172. The smallest absolute Gasteiger partial charge is 0.301 e. The van der Waals surface area contributed by atoms with Gasteiger partial charge in [0.25, 0.3) is 5.78 Å². The molecule has 0 unspecified atom stereocenters. The summed E-state index contributed by atoms with van der Waals surface area (Å²) in [5.74, 6) is -1.77. The molecule has 0 radical (unpaired) electrons. The number of amides is 1. The van der Waals surface area contributed by atoms with Crippen molar-refractivity contribution in [1.29, 1.82) is 0 Å². The number of rotatable bonds is 6. The maximum atomic E-state index is 15.2. The van der Waals surface area contributed by atoms with E-state index in [4.69, 9.17) is 27.9 Å². The average Bonchev–Trinajstić information content (AvgIpc) is 3.63. The number of ketones is 1. The Morgan fingerprint density at radius 1 is 1.15 bits per heavy atom. The summed E-state index contributed by atoms with van der Waals surface area (Å²) in [4.78, 5) is 28.0. The number of hydrogen-bond donors (Lipinski definition) is 1. The van der Waals surface area contributed by atoms with E-state index in [0.29, 0.717) is 37.9 Å². The van der Waals surface area contributed by atoms with Crippen LogP contribution in [0.1, 0.15) is 35.2 Å². The molecule has 2 aliphatic rings. The van der Waals surface area contributed by atoms with Crippen LogP contribution in [-0.2, 0) is 21.8 Å². The lowest BCUT2D eigenvalue weighted by Crippen LogP contribution is -2.29. The van der Waals surface area contributed by atoms with Gasteiger partial charge in [-0.3, -0.25) is 14.5 Å². The van der Waals surface area contributed by atoms with E-state index in [0.717, 1.165) is 27.4 Å². The lowest BCUT2D eigenvalue weighted by molar-refractivity contribution is -0.132. The van der Waals surface area contributed by atoms with Gasteiger partial charge in [-0.05, 0) is 54.4 Å². The number of nitrogens with zero attached hydrogens (tertiary/aromatic N) is 3. The van der Waals surface area contributed by atoms with Crippen molar-refractivity contribution in [2.45, 2.75) is 35.6 Å². The number of aromatic nitrogens is 2. The zero-order chi connectivity index (χ0) is 28.8. The minimum Gasteiger partial charge on any atom is -0.507 e. The van der Waals surface area contributed by atoms with Crippen molar-refractivity contribution >= 4 is 68.9 Å². The van der Waals surface area contributed by atoms with E-state index in [2.05, 4.69) is 10.2 Å². The molecule has 0 bridgehead atoms. The minimum absolute atomic E-state index is 0.0217.